The van der Waals surface area contributed by atoms with Crippen LogP contribution in [0.1, 0.15) is 156 Å². The molecule has 21 nitrogen and oxygen atoms in total. The van der Waals surface area contributed by atoms with E-state index in [1.54, 1.807) is 6.07 Å². The van der Waals surface area contributed by atoms with E-state index >= 15 is 0 Å². The summed E-state index contributed by atoms with van der Waals surface area (Å²) in [6.45, 7) is 16.9. The lowest BCUT2D eigenvalue weighted by atomic mass is 9.33. The third-order valence-corrected chi connectivity index (χ3v) is 25.5. The number of carboxylic acid groups (broad SMARTS) is 3. The number of hydrogen-bond donors (Lipinski definition) is 11. The van der Waals surface area contributed by atoms with E-state index in [0.717, 1.165) is 75.1 Å². The number of aliphatic carboxylic acids is 3. The lowest BCUT2D eigenvalue weighted by molar-refractivity contribution is -0.371. The van der Waals surface area contributed by atoms with Gasteiger partial charge in [0.1, 0.15) is 42.7 Å². The number of hydrogen-bond acceptors (Lipinski definition) is 18. The molecule has 6 saturated carbocycles. The van der Waals surface area contributed by atoms with Gasteiger partial charge in [-0.15, -0.1) is 0 Å². The molecule has 4 heterocycles. The van der Waals surface area contributed by atoms with Crippen LogP contribution in [-0.4, -0.2) is 189 Å². The number of benzene rings is 1. The first-order chi connectivity index (χ1) is 39.3. The number of nitrogens with zero attached hydrogens (tertiary/aromatic N) is 1. The summed E-state index contributed by atoms with van der Waals surface area (Å²) in [6.07, 6.45) is -6.56. The average molecular weight is 1180 g/mol. The van der Waals surface area contributed by atoms with Crippen molar-refractivity contribution in [2.75, 3.05) is 13.1 Å². The topological polar surface area (TPSA) is 340 Å². The second-order valence-electron chi connectivity index (χ2n) is 29.9. The van der Waals surface area contributed by atoms with E-state index in [2.05, 4.69) is 32.6 Å². The van der Waals surface area contributed by atoms with E-state index in [1.165, 1.54) is 24.8 Å². The maximum absolute atomic E-state index is 14.8. The summed E-state index contributed by atoms with van der Waals surface area (Å²) in [7, 11) is 0. The monoisotopic (exact) mass is 1180 g/mol. The van der Waals surface area contributed by atoms with Crippen LogP contribution in [0.4, 0.5) is 0 Å². The number of carbonyl (C=O) groups is 4. The highest BCUT2D eigenvalue weighted by Crippen LogP contribution is 2.76. The number of aromatic hydroxyl groups is 1. The molecule has 21 heteroatoms. The molecule has 13 rings (SSSR count). The SMILES string of the molecule is CC1(C)[C@@H](O[C@H]2O[C@H](C(=O)O)[C@@H](O)[C@H](O)[C@H]2O[C@@H]2O[C@H](C(=O)O)[C@@H](O)[C@H](O)[C@H]2O)CC[C@]2(C)[C@H]3C(=O)C=C4[C@@H]5C[C@@](C)(C(=O)O)CC[C@]5(C)CC[C@@]4(C)[C@]3(C)CC[C@@H]12.Oc1ccc2c3c1O[C@H]1[C@@H](O)CC[C@@]4(O)[C@@H](C2)N(CC2CCC2)CC[C@]314. The molecule has 2 bridgehead atoms. The summed E-state index contributed by atoms with van der Waals surface area (Å²) >= 11 is 0. The Hall–Kier alpha value is -3.84. The predicted molar refractivity (Wildman–Crippen MR) is 295 cm³/mol. The number of carbonyl (C=O) groups excluding carboxylic acids is 1. The maximum atomic E-state index is 14.8. The van der Waals surface area contributed by atoms with Crippen LogP contribution >= 0.6 is 0 Å². The second-order valence-corrected chi connectivity index (χ2v) is 29.9. The van der Waals surface area contributed by atoms with E-state index in [9.17, 15) is 75.3 Å². The number of fused-ring (bicyclic) bond motifs is 7. The van der Waals surface area contributed by atoms with Crippen LogP contribution in [0.25, 0.3) is 0 Å². The second kappa shape index (κ2) is 20.3. The Morgan fingerprint density at radius 1 is 0.726 bits per heavy atom. The fraction of sp³-hybridized carbons (Fsp3) is 0.810. The molecule has 8 aliphatic carbocycles. The van der Waals surface area contributed by atoms with Gasteiger partial charge in [-0.25, -0.2) is 9.59 Å². The fourth-order valence-electron chi connectivity index (χ4n) is 20.2. The molecule has 84 heavy (non-hydrogen) atoms. The summed E-state index contributed by atoms with van der Waals surface area (Å²) in [5.74, 6) is -3.05. The number of rotatable bonds is 9. The number of aliphatic hydroxyl groups excluding tert-OH is 6. The molecule has 1 aromatic carbocycles. The van der Waals surface area contributed by atoms with Crippen molar-refractivity contribution in [1.82, 2.24) is 4.90 Å². The van der Waals surface area contributed by atoms with Gasteiger partial charge in [-0.3, -0.25) is 14.5 Å². The number of phenolic OH excluding ortho intramolecular Hbond substituents is 1. The third-order valence-electron chi connectivity index (χ3n) is 25.5. The molecule has 3 saturated heterocycles. The lowest BCUT2D eigenvalue weighted by Gasteiger charge is -2.70. The zero-order valence-corrected chi connectivity index (χ0v) is 49.4. The highest BCUT2D eigenvalue weighted by molar-refractivity contribution is 5.95. The summed E-state index contributed by atoms with van der Waals surface area (Å²) in [4.78, 5) is 53.8. The number of likely N-dealkylation sites (tertiary alicyclic amines) is 1. The van der Waals surface area contributed by atoms with Crippen LogP contribution in [-0.2, 0) is 50.0 Å². The number of piperidine rings is 1. The third kappa shape index (κ3) is 8.49. The minimum atomic E-state index is -2.05. The van der Waals surface area contributed by atoms with Crippen molar-refractivity contribution >= 4 is 23.7 Å². The first-order valence-corrected chi connectivity index (χ1v) is 31.0. The van der Waals surface area contributed by atoms with Gasteiger partial charge >= 0.3 is 17.9 Å². The number of allylic oxidation sites excluding steroid dienone is 2. The number of ketones is 1. The average Bonchev–Trinajstić information content (AvgIpc) is 1.20. The van der Waals surface area contributed by atoms with Crippen molar-refractivity contribution < 1.29 is 99.0 Å². The zero-order valence-electron chi connectivity index (χ0n) is 49.4. The molecule has 1 spiro atoms. The fourth-order valence-corrected chi connectivity index (χ4v) is 20.2. The molecule has 0 aromatic heterocycles. The smallest absolute Gasteiger partial charge is 0.335 e. The standard InChI is InChI=1S/C42H62O16.C21H27NO4/c1-37(2)21-8-11-42(7)31(20(43)16-18-19-17-39(4,36(53)54)13-12-38(19,3)14-15-41(18,42)6)40(21,5)10-9-22(37)55-35-30(26(47)25(46)29(57-35)33(51)52)58-34-27(48)23(44)24(45)28(56-34)32(49)50;23-14-5-4-13-10-16-21(25)7-6-15(24)19-20(21,17(13)18(14)26-19)8-9-22(16)11-12-2-1-3-12/h16,19,21-31,34-35,44-48H,8-15,17H2,1-7H3,(H,49,50)(H,51,52)(H,53,54);4-5,12,15-16,19,23-25H,1-3,6-11H2/t19-,21-,22-,23-,24-,25-,26-,27+,28-,29-,30+,31+,34-,35-,38+,39-,40-,41+,42+;15-,16+,19-,20-,21+/m00/s1. The largest absolute Gasteiger partial charge is 0.504 e. The van der Waals surface area contributed by atoms with Crippen LogP contribution < -0.4 is 4.74 Å². The Labute approximate surface area is 489 Å². The van der Waals surface area contributed by atoms with Crippen LogP contribution in [0.5, 0.6) is 11.5 Å². The highest BCUT2D eigenvalue weighted by atomic mass is 16.8. The van der Waals surface area contributed by atoms with Crippen molar-refractivity contribution in [2.24, 2.45) is 56.2 Å². The quantitative estimate of drug-likeness (QED) is 0.156. The molecule has 4 aliphatic heterocycles. The Balaban J connectivity index is 0.000000219. The first kappa shape index (κ1) is 60.4. The van der Waals surface area contributed by atoms with Crippen LogP contribution in [0.15, 0.2) is 23.8 Å². The molecule has 466 valence electrons. The van der Waals surface area contributed by atoms with Crippen LogP contribution in [0, 0.1) is 56.2 Å². The van der Waals surface area contributed by atoms with E-state index in [1.807, 2.05) is 32.9 Å². The van der Waals surface area contributed by atoms with Gasteiger partial charge in [-0.2, -0.15) is 0 Å². The predicted octanol–water partition coefficient (Wildman–Crippen LogP) is 3.95. The first-order valence-electron chi connectivity index (χ1n) is 31.0. The van der Waals surface area contributed by atoms with Gasteiger partial charge in [-0.1, -0.05) is 59.6 Å². The zero-order chi connectivity index (χ0) is 60.6. The maximum Gasteiger partial charge on any atom is 0.335 e. The molecule has 12 aliphatic rings. The van der Waals surface area contributed by atoms with Crippen LogP contribution in [0.3, 0.4) is 0 Å². The van der Waals surface area contributed by atoms with Gasteiger partial charge in [0.05, 0.1) is 28.6 Å². The molecule has 0 amide bonds. The Bertz CT molecular complexity index is 2860. The van der Waals surface area contributed by atoms with Crippen molar-refractivity contribution in [2.45, 2.75) is 248 Å². The van der Waals surface area contributed by atoms with Gasteiger partial charge < -0.3 is 79.9 Å². The Morgan fingerprint density at radius 2 is 1.39 bits per heavy atom. The molecule has 9 fully saturated rings. The summed E-state index contributed by atoms with van der Waals surface area (Å²) < 4.78 is 29.5. The van der Waals surface area contributed by atoms with E-state index in [0.29, 0.717) is 44.3 Å². The number of aliphatic hydroxyl groups is 7. The van der Waals surface area contributed by atoms with Crippen molar-refractivity contribution in [3.8, 4) is 11.5 Å². The van der Waals surface area contributed by atoms with E-state index in [4.69, 9.17) is 23.7 Å². The molecule has 24 atom stereocenters. The molecule has 0 unspecified atom stereocenters. The number of phenols is 1. The lowest BCUT2D eigenvalue weighted by Crippen LogP contribution is -2.77. The van der Waals surface area contributed by atoms with Gasteiger partial charge in [0, 0.05) is 24.1 Å². The van der Waals surface area contributed by atoms with Gasteiger partial charge in [0.25, 0.3) is 0 Å². The van der Waals surface area contributed by atoms with Crippen molar-refractivity contribution in [3.05, 3.63) is 34.9 Å². The van der Waals surface area contributed by atoms with Crippen LogP contribution in [0.2, 0.25) is 0 Å². The van der Waals surface area contributed by atoms with Gasteiger partial charge in [-0.05, 0) is 172 Å². The summed E-state index contributed by atoms with van der Waals surface area (Å²) in [6, 6.07) is 3.80. The minimum absolute atomic E-state index is 0.0217. The summed E-state index contributed by atoms with van der Waals surface area (Å²) in [5, 5.41) is 116. The normalized spacial score (nSPS) is 49.8. The Morgan fingerprint density at radius 3 is 2.05 bits per heavy atom. The number of carboxylic acids is 3. The Kier molecular flexibility index (Phi) is 14.6. The molecule has 11 N–H and O–H groups in total. The molecule has 1 aromatic rings. The molecular formula is C63H89NO20. The van der Waals surface area contributed by atoms with E-state index < -0.39 is 130 Å². The van der Waals surface area contributed by atoms with Gasteiger partial charge in [0.15, 0.2) is 42.1 Å². The van der Waals surface area contributed by atoms with Gasteiger partial charge in [0.2, 0.25) is 0 Å². The van der Waals surface area contributed by atoms with Crippen molar-refractivity contribution in [3.63, 3.8) is 0 Å². The minimum Gasteiger partial charge on any atom is -0.504 e. The summed E-state index contributed by atoms with van der Waals surface area (Å²) in [5.41, 5.74) is -1.10. The van der Waals surface area contributed by atoms with E-state index in [-0.39, 0.29) is 46.2 Å². The number of ether oxygens (including phenoxy) is 5. The van der Waals surface area contributed by atoms with Crippen molar-refractivity contribution in [1.29, 1.82) is 0 Å². The highest BCUT2D eigenvalue weighted by Gasteiger charge is 2.74. The molecular weight excluding hydrogens is 1090 g/mol. The molecule has 0 radical (unpaired) electrons.